The number of benzene rings is 1. The molecule has 0 saturated heterocycles. The van der Waals surface area contributed by atoms with E-state index in [9.17, 15) is 22.8 Å². The molecule has 0 heterocycles. The van der Waals surface area contributed by atoms with E-state index in [1.165, 1.54) is 12.1 Å². The average molecular weight is 289 g/mol. The number of amides is 3. The van der Waals surface area contributed by atoms with Crippen LogP contribution in [0.15, 0.2) is 24.3 Å². The van der Waals surface area contributed by atoms with E-state index in [2.05, 4.69) is 10.6 Å². The molecule has 1 aromatic rings. The minimum Gasteiger partial charge on any atom is -0.352 e. The van der Waals surface area contributed by atoms with E-state index in [0.29, 0.717) is 5.56 Å². The number of nitrogens with two attached hydrogens (primary N) is 1. The van der Waals surface area contributed by atoms with Crippen molar-refractivity contribution in [1.82, 2.24) is 10.6 Å². The molecule has 0 unspecified atom stereocenters. The first-order valence-corrected chi connectivity index (χ1v) is 5.70. The maximum Gasteiger partial charge on any atom is 0.416 e. The van der Waals surface area contributed by atoms with Crippen molar-refractivity contribution in [2.45, 2.75) is 19.1 Å². The minimum absolute atomic E-state index is 0.291. The highest BCUT2D eigenvalue weighted by molar-refractivity contribution is 5.83. The lowest BCUT2D eigenvalue weighted by Crippen LogP contribution is -2.40. The Morgan fingerprint density at radius 1 is 1.25 bits per heavy atom. The summed E-state index contributed by atoms with van der Waals surface area (Å²) in [6, 6.07) is 3.14. The van der Waals surface area contributed by atoms with E-state index in [1.807, 2.05) is 0 Å². The largest absolute Gasteiger partial charge is 0.416 e. The summed E-state index contributed by atoms with van der Waals surface area (Å²) >= 11 is 0. The number of nitrogens with one attached hydrogen (secondary N) is 2. The number of rotatable bonds is 4. The van der Waals surface area contributed by atoms with Crippen LogP contribution in [0.3, 0.4) is 0 Å². The molecule has 8 heteroatoms. The van der Waals surface area contributed by atoms with Crippen LogP contribution < -0.4 is 16.4 Å². The zero-order valence-corrected chi connectivity index (χ0v) is 10.6. The van der Waals surface area contributed by atoms with Crippen LogP contribution in [0, 0.1) is 0 Å². The fourth-order valence-electron chi connectivity index (χ4n) is 1.50. The topological polar surface area (TPSA) is 84.2 Å². The van der Waals surface area contributed by atoms with Gasteiger partial charge in [-0.05, 0) is 24.6 Å². The number of primary amides is 1. The highest BCUT2D eigenvalue weighted by Crippen LogP contribution is 2.29. The number of hydrogen-bond acceptors (Lipinski definition) is 2. The second kappa shape index (κ2) is 6.27. The second-order valence-electron chi connectivity index (χ2n) is 4.13. The summed E-state index contributed by atoms with van der Waals surface area (Å²) in [4.78, 5) is 21.8. The molecule has 0 aliphatic heterocycles. The van der Waals surface area contributed by atoms with Crippen molar-refractivity contribution >= 4 is 11.9 Å². The molecule has 0 bridgehead atoms. The SMILES string of the molecule is C[C@H](NC(=O)CNC(N)=O)c1ccc(C(F)(F)F)cc1. The number of hydrogen-bond donors (Lipinski definition) is 3. The van der Waals surface area contributed by atoms with Gasteiger partial charge in [-0.25, -0.2) is 4.79 Å². The summed E-state index contributed by atoms with van der Waals surface area (Å²) < 4.78 is 37.2. The molecule has 1 atom stereocenters. The summed E-state index contributed by atoms with van der Waals surface area (Å²) in [5.41, 5.74) is 4.57. The molecule has 0 radical (unpaired) electrons. The van der Waals surface area contributed by atoms with Gasteiger partial charge in [-0.3, -0.25) is 4.79 Å². The Kier molecular flexibility index (Phi) is 4.95. The quantitative estimate of drug-likeness (QED) is 0.785. The van der Waals surface area contributed by atoms with Crippen molar-refractivity contribution in [3.8, 4) is 0 Å². The highest BCUT2D eigenvalue weighted by Gasteiger charge is 2.30. The van der Waals surface area contributed by atoms with E-state index < -0.39 is 29.7 Å². The lowest BCUT2D eigenvalue weighted by Gasteiger charge is -2.15. The third kappa shape index (κ3) is 4.79. The van der Waals surface area contributed by atoms with Gasteiger partial charge in [0.05, 0.1) is 18.2 Å². The van der Waals surface area contributed by atoms with Crippen LogP contribution in [0.4, 0.5) is 18.0 Å². The zero-order chi connectivity index (χ0) is 15.3. The first-order chi connectivity index (χ1) is 9.20. The van der Waals surface area contributed by atoms with Crippen LogP contribution in [0.1, 0.15) is 24.1 Å². The standard InChI is InChI=1S/C12H14F3N3O2/c1-7(18-10(19)6-17-11(16)20)8-2-4-9(5-3-8)12(13,14)15/h2-5,7H,6H2,1H3,(H,18,19)(H3,16,17,20)/t7-/m0/s1. The summed E-state index contributed by atoms with van der Waals surface area (Å²) in [5.74, 6) is -0.490. The van der Waals surface area contributed by atoms with Crippen LogP contribution >= 0.6 is 0 Å². The Morgan fingerprint density at radius 2 is 1.80 bits per heavy atom. The van der Waals surface area contributed by atoms with Gasteiger partial charge in [0.25, 0.3) is 0 Å². The summed E-state index contributed by atoms with van der Waals surface area (Å²) in [7, 11) is 0. The minimum atomic E-state index is -4.39. The van der Waals surface area contributed by atoms with Crippen molar-refractivity contribution in [1.29, 1.82) is 0 Å². The predicted molar refractivity (Wildman–Crippen MR) is 65.6 cm³/mol. The fourth-order valence-corrected chi connectivity index (χ4v) is 1.50. The van der Waals surface area contributed by atoms with Crippen LogP contribution in [0.5, 0.6) is 0 Å². The molecule has 0 spiro atoms. The fraction of sp³-hybridized carbons (Fsp3) is 0.333. The molecule has 0 aliphatic rings. The molecule has 0 fully saturated rings. The third-order valence-corrected chi connectivity index (χ3v) is 2.54. The van der Waals surface area contributed by atoms with E-state index in [1.54, 1.807) is 6.92 Å². The first-order valence-electron chi connectivity index (χ1n) is 5.70. The summed E-state index contributed by atoms with van der Waals surface area (Å²) in [5, 5.41) is 4.63. The zero-order valence-electron chi connectivity index (χ0n) is 10.6. The Balaban J connectivity index is 2.62. The van der Waals surface area contributed by atoms with E-state index in [-0.39, 0.29) is 6.54 Å². The van der Waals surface area contributed by atoms with Crippen molar-refractivity contribution in [3.63, 3.8) is 0 Å². The molecule has 0 aromatic heterocycles. The van der Waals surface area contributed by atoms with Crippen molar-refractivity contribution in [3.05, 3.63) is 35.4 Å². The Labute approximate surface area is 113 Å². The second-order valence-corrected chi connectivity index (χ2v) is 4.13. The van der Waals surface area contributed by atoms with Gasteiger partial charge in [0, 0.05) is 0 Å². The summed E-state index contributed by atoms with van der Waals surface area (Å²) in [6.07, 6.45) is -4.39. The molecule has 0 aliphatic carbocycles. The lowest BCUT2D eigenvalue weighted by atomic mass is 10.1. The van der Waals surface area contributed by atoms with Crippen molar-refractivity contribution in [2.24, 2.45) is 5.73 Å². The molecule has 0 saturated carbocycles. The Hall–Kier alpha value is -2.25. The molecular weight excluding hydrogens is 275 g/mol. The third-order valence-electron chi connectivity index (χ3n) is 2.54. The van der Waals surface area contributed by atoms with Gasteiger partial charge in [-0.1, -0.05) is 12.1 Å². The molecule has 110 valence electrons. The number of halogens is 3. The molecular formula is C12H14F3N3O2. The molecule has 5 nitrogen and oxygen atoms in total. The molecule has 3 amide bonds. The average Bonchev–Trinajstić information content (AvgIpc) is 2.35. The van der Waals surface area contributed by atoms with Crippen molar-refractivity contribution < 1.29 is 22.8 Å². The molecule has 1 aromatic carbocycles. The van der Waals surface area contributed by atoms with Gasteiger partial charge in [-0.2, -0.15) is 13.2 Å². The van der Waals surface area contributed by atoms with Gasteiger partial charge >= 0.3 is 12.2 Å². The number of alkyl halides is 3. The van der Waals surface area contributed by atoms with E-state index in [0.717, 1.165) is 12.1 Å². The number of urea groups is 1. The number of carbonyl (C=O) groups is 2. The summed E-state index contributed by atoms with van der Waals surface area (Å²) in [6.45, 7) is 1.32. The monoisotopic (exact) mass is 289 g/mol. The van der Waals surface area contributed by atoms with E-state index in [4.69, 9.17) is 5.73 Å². The lowest BCUT2D eigenvalue weighted by molar-refractivity contribution is -0.137. The van der Waals surface area contributed by atoms with Crippen molar-refractivity contribution in [2.75, 3.05) is 6.54 Å². The predicted octanol–water partition coefficient (Wildman–Crippen LogP) is 1.55. The van der Waals surface area contributed by atoms with Gasteiger partial charge in [-0.15, -0.1) is 0 Å². The smallest absolute Gasteiger partial charge is 0.352 e. The first kappa shape index (κ1) is 15.8. The highest BCUT2D eigenvalue weighted by atomic mass is 19.4. The Morgan fingerprint density at radius 3 is 2.25 bits per heavy atom. The Bertz CT molecular complexity index is 486. The van der Waals surface area contributed by atoms with Crippen LogP contribution in [0.2, 0.25) is 0 Å². The van der Waals surface area contributed by atoms with Gasteiger partial charge in [0.15, 0.2) is 0 Å². The molecule has 20 heavy (non-hydrogen) atoms. The maximum atomic E-state index is 12.4. The van der Waals surface area contributed by atoms with Crippen LogP contribution in [-0.4, -0.2) is 18.5 Å². The molecule has 1 rings (SSSR count). The van der Waals surface area contributed by atoms with Crippen LogP contribution in [-0.2, 0) is 11.0 Å². The van der Waals surface area contributed by atoms with Gasteiger partial charge in [0.1, 0.15) is 0 Å². The van der Waals surface area contributed by atoms with E-state index >= 15 is 0 Å². The normalized spacial score (nSPS) is 12.6. The van der Waals surface area contributed by atoms with Gasteiger partial charge in [0.2, 0.25) is 5.91 Å². The van der Waals surface area contributed by atoms with Gasteiger partial charge < -0.3 is 16.4 Å². The van der Waals surface area contributed by atoms with Crippen LogP contribution in [0.25, 0.3) is 0 Å². The molecule has 4 N–H and O–H groups in total. The number of carbonyl (C=O) groups excluding carboxylic acids is 2. The maximum absolute atomic E-state index is 12.4.